The van der Waals surface area contributed by atoms with Crippen molar-refractivity contribution in [1.82, 2.24) is 25.5 Å². The van der Waals surface area contributed by atoms with Crippen molar-refractivity contribution in [3.05, 3.63) is 70.5 Å². The lowest BCUT2D eigenvalue weighted by molar-refractivity contribution is -0.138. The maximum absolute atomic E-state index is 14.5. The highest BCUT2D eigenvalue weighted by Gasteiger charge is 2.39. The molecule has 0 unspecified atom stereocenters. The van der Waals surface area contributed by atoms with Crippen molar-refractivity contribution in [2.75, 3.05) is 44.2 Å². The largest absolute Gasteiger partial charge is 0.477 e. The Morgan fingerprint density at radius 2 is 1.93 bits per heavy atom. The number of piperazine rings is 1. The van der Waals surface area contributed by atoms with Crippen LogP contribution in [0.25, 0.3) is 11.3 Å². The van der Waals surface area contributed by atoms with Gasteiger partial charge in [-0.15, -0.1) is 0 Å². The molecule has 0 bridgehead atoms. The average Bonchev–Trinajstić information content (AvgIpc) is 3.43. The van der Waals surface area contributed by atoms with Gasteiger partial charge >= 0.3 is 6.18 Å². The van der Waals surface area contributed by atoms with Crippen molar-refractivity contribution in [3.63, 3.8) is 0 Å². The van der Waals surface area contributed by atoms with E-state index in [9.17, 15) is 27.2 Å². The fourth-order valence-electron chi connectivity index (χ4n) is 5.68. The zero-order valence-corrected chi connectivity index (χ0v) is 25.5. The van der Waals surface area contributed by atoms with Gasteiger partial charge in [-0.3, -0.25) is 9.59 Å². The van der Waals surface area contributed by atoms with Crippen LogP contribution in [0.5, 0.6) is 5.88 Å². The Balaban J connectivity index is 1.47. The number of ether oxygens (including phenoxy) is 1. The number of hydrogen-bond donors (Lipinski definition) is 2. The fraction of sp³-hybridized carbons (Fsp3) is 0.419. The summed E-state index contributed by atoms with van der Waals surface area (Å²) in [5.41, 5.74) is -0.0747. The second kappa shape index (κ2) is 13.6. The van der Waals surface area contributed by atoms with Gasteiger partial charge in [0.2, 0.25) is 5.88 Å². The lowest BCUT2D eigenvalue weighted by Gasteiger charge is -2.43. The van der Waals surface area contributed by atoms with Gasteiger partial charge < -0.3 is 25.2 Å². The molecule has 2 aliphatic rings. The summed E-state index contributed by atoms with van der Waals surface area (Å²) in [5, 5.41) is 5.55. The average molecular weight is 649 g/mol. The van der Waals surface area contributed by atoms with Crippen molar-refractivity contribution in [3.8, 4) is 17.1 Å². The van der Waals surface area contributed by atoms with Gasteiger partial charge in [-0.25, -0.2) is 14.4 Å². The Bertz CT molecular complexity index is 1560. The van der Waals surface area contributed by atoms with Gasteiger partial charge in [0, 0.05) is 50.0 Å². The Labute approximate surface area is 262 Å². The summed E-state index contributed by atoms with van der Waals surface area (Å²) in [6, 6.07) is 8.96. The summed E-state index contributed by atoms with van der Waals surface area (Å²) in [7, 11) is 0. The molecule has 2 N–H and O–H groups in total. The van der Waals surface area contributed by atoms with Crippen molar-refractivity contribution in [2.24, 2.45) is 0 Å². The van der Waals surface area contributed by atoms with E-state index in [0.717, 1.165) is 12.1 Å². The van der Waals surface area contributed by atoms with Crippen LogP contribution in [-0.2, 0) is 6.18 Å². The lowest BCUT2D eigenvalue weighted by atomic mass is 10.0. The summed E-state index contributed by atoms with van der Waals surface area (Å²) in [6.07, 6.45) is -3.94. The smallest absolute Gasteiger partial charge is 0.417 e. The number of nitrogens with one attached hydrogen (secondary N) is 2. The Hall–Kier alpha value is -3.97. The summed E-state index contributed by atoms with van der Waals surface area (Å²) in [5.74, 6) is -0.991. The lowest BCUT2D eigenvalue weighted by Crippen LogP contribution is -2.55. The van der Waals surface area contributed by atoms with Crippen LogP contribution in [0.15, 0.2) is 48.7 Å². The summed E-state index contributed by atoms with van der Waals surface area (Å²) >= 11 is 5.82. The van der Waals surface area contributed by atoms with E-state index in [2.05, 4.69) is 15.6 Å². The second-order valence-electron chi connectivity index (χ2n) is 10.8. The molecule has 5 rings (SSSR count). The predicted octanol–water partition coefficient (Wildman–Crippen LogP) is 5.00. The first-order valence-electron chi connectivity index (χ1n) is 14.7. The highest BCUT2D eigenvalue weighted by atomic mass is 35.5. The first kappa shape index (κ1) is 32.4. The molecule has 9 nitrogen and oxygen atoms in total. The number of rotatable bonds is 8. The number of carbonyl (C=O) groups excluding carboxylic acids is 2. The van der Waals surface area contributed by atoms with Crippen molar-refractivity contribution < 1.29 is 31.9 Å². The molecule has 2 saturated heterocycles. The summed E-state index contributed by atoms with van der Waals surface area (Å²) < 4.78 is 61.4. The molecule has 45 heavy (non-hydrogen) atoms. The topological polar surface area (TPSA) is 99.7 Å². The van der Waals surface area contributed by atoms with E-state index in [-0.39, 0.29) is 49.5 Å². The van der Waals surface area contributed by atoms with Crippen molar-refractivity contribution >= 4 is 29.1 Å². The molecule has 2 aliphatic heterocycles. The number of aromatic nitrogens is 2. The van der Waals surface area contributed by atoms with Crippen LogP contribution in [0, 0.1) is 0 Å². The quantitative estimate of drug-likeness (QED) is 0.332. The van der Waals surface area contributed by atoms with Gasteiger partial charge in [-0.1, -0.05) is 18.5 Å². The van der Waals surface area contributed by atoms with E-state index in [1.165, 1.54) is 11.0 Å². The van der Waals surface area contributed by atoms with Crippen LogP contribution in [0.4, 0.5) is 23.2 Å². The first-order valence-corrected chi connectivity index (χ1v) is 15.1. The number of benzene rings is 1. The molecule has 0 aliphatic carbocycles. The van der Waals surface area contributed by atoms with E-state index < -0.39 is 41.3 Å². The van der Waals surface area contributed by atoms with Crippen molar-refractivity contribution in [1.29, 1.82) is 0 Å². The molecule has 4 heterocycles. The van der Waals surface area contributed by atoms with E-state index in [1.54, 1.807) is 30.5 Å². The van der Waals surface area contributed by atoms with Crippen LogP contribution in [-0.4, -0.2) is 84.3 Å². The molecule has 3 aromatic rings. The van der Waals surface area contributed by atoms with E-state index in [1.807, 2.05) is 18.7 Å². The number of anilines is 1. The highest BCUT2D eigenvalue weighted by Crippen LogP contribution is 2.36. The number of nitrogens with zero attached hydrogens (tertiary/aromatic N) is 4. The minimum atomic E-state index is -4.76. The first-order chi connectivity index (χ1) is 21.5. The van der Waals surface area contributed by atoms with Crippen LogP contribution < -0.4 is 20.3 Å². The minimum absolute atomic E-state index is 0.0492. The van der Waals surface area contributed by atoms with Gasteiger partial charge in [0.15, 0.2) is 5.69 Å². The standard InChI is InChI=1S/C31H33ClF4N6O3/c1-3-19-17-41(30(44)20-8-7-18(32)14-22(20)31(34,35)36)12-13-42(19)26-10-9-24(21-6-5-11-38-29(21)45-4-2)39-27(26)28(43)40-25-16-37-15-23(25)33/h5-11,14,19,23,25,37H,3-4,12-13,15-17H2,1-2H3,(H,40,43)/t19-,23-,25-/m1/s1. The second-order valence-corrected chi connectivity index (χ2v) is 11.2. The highest BCUT2D eigenvalue weighted by molar-refractivity contribution is 6.30. The molecule has 1 aromatic carbocycles. The zero-order chi connectivity index (χ0) is 32.3. The van der Waals surface area contributed by atoms with Crippen LogP contribution in [0.2, 0.25) is 5.02 Å². The predicted molar refractivity (Wildman–Crippen MR) is 161 cm³/mol. The van der Waals surface area contributed by atoms with Gasteiger partial charge in [0.1, 0.15) is 6.17 Å². The minimum Gasteiger partial charge on any atom is -0.477 e. The Kier molecular flexibility index (Phi) is 9.78. The maximum atomic E-state index is 14.5. The van der Waals surface area contributed by atoms with Crippen LogP contribution in [0.3, 0.4) is 0 Å². The molecule has 0 radical (unpaired) electrons. The van der Waals surface area contributed by atoms with Crippen molar-refractivity contribution in [2.45, 2.75) is 44.7 Å². The van der Waals surface area contributed by atoms with Gasteiger partial charge in [-0.05, 0) is 55.8 Å². The third kappa shape index (κ3) is 6.99. The molecule has 3 atom stereocenters. The van der Waals surface area contributed by atoms with E-state index >= 15 is 0 Å². The molecular weight excluding hydrogens is 616 g/mol. The molecule has 0 saturated carbocycles. The number of hydrogen-bond acceptors (Lipinski definition) is 7. The molecule has 2 amide bonds. The number of halogens is 5. The summed E-state index contributed by atoms with van der Waals surface area (Å²) in [6.45, 7) is 4.88. The number of amides is 2. The molecule has 0 spiro atoms. The van der Waals surface area contributed by atoms with Gasteiger partial charge in [0.05, 0.1) is 40.7 Å². The monoisotopic (exact) mass is 648 g/mol. The van der Waals surface area contributed by atoms with Crippen LogP contribution >= 0.6 is 11.6 Å². The number of alkyl halides is 4. The molecule has 240 valence electrons. The Morgan fingerprint density at radius 3 is 2.62 bits per heavy atom. The van der Waals surface area contributed by atoms with Gasteiger partial charge in [0.25, 0.3) is 11.8 Å². The normalized spacial score (nSPS) is 20.3. The van der Waals surface area contributed by atoms with Gasteiger partial charge in [-0.2, -0.15) is 13.2 Å². The number of pyridine rings is 2. The maximum Gasteiger partial charge on any atom is 0.417 e. The molecule has 2 aromatic heterocycles. The molecule has 2 fully saturated rings. The summed E-state index contributed by atoms with van der Waals surface area (Å²) in [4.78, 5) is 39.4. The number of carbonyl (C=O) groups is 2. The van der Waals surface area contributed by atoms with Crippen LogP contribution in [0.1, 0.15) is 46.7 Å². The molecule has 14 heteroatoms. The zero-order valence-electron chi connectivity index (χ0n) is 24.7. The van der Waals surface area contributed by atoms with E-state index in [0.29, 0.717) is 35.9 Å². The SMILES string of the molecule is CCOc1ncccc1-c1ccc(N2CCN(C(=O)c3ccc(Cl)cc3C(F)(F)F)C[C@H]2CC)c(C(=O)N[C@@H]2CNC[C@H]2F)n1. The molecular formula is C31H33ClF4N6O3. The third-order valence-electron chi connectivity index (χ3n) is 7.94. The Morgan fingerprint density at radius 1 is 1.13 bits per heavy atom. The third-order valence-corrected chi connectivity index (χ3v) is 8.18. The van der Waals surface area contributed by atoms with E-state index in [4.69, 9.17) is 21.3 Å². The fourth-order valence-corrected chi connectivity index (χ4v) is 5.85.